The Morgan fingerprint density at radius 1 is 1.11 bits per heavy atom. The predicted molar refractivity (Wildman–Crippen MR) is 110 cm³/mol. The lowest BCUT2D eigenvalue weighted by molar-refractivity contribution is 0.0958. The molecule has 6 nitrogen and oxygen atoms in total. The summed E-state index contributed by atoms with van der Waals surface area (Å²) in [5.41, 5.74) is 9.05. The van der Waals surface area contributed by atoms with Gasteiger partial charge >= 0.3 is 0 Å². The highest BCUT2D eigenvalue weighted by Gasteiger charge is 2.05. The monoisotopic (exact) mass is 372 g/mol. The Labute approximate surface area is 162 Å². The fourth-order valence-corrected chi connectivity index (χ4v) is 2.64. The van der Waals surface area contributed by atoms with Crippen LogP contribution < -0.4 is 11.1 Å². The van der Waals surface area contributed by atoms with Crippen molar-refractivity contribution in [3.63, 3.8) is 0 Å². The Hall–Kier alpha value is -3.93. The average Bonchev–Trinajstić information content (AvgIpc) is 2.72. The number of nitrogen functional groups attached to an aromatic ring is 1. The molecule has 6 heteroatoms. The number of aromatic nitrogens is 1. The third kappa shape index (κ3) is 4.62. The molecule has 0 aliphatic carbocycles. The first kappa shape index (κ1) is 18.8. The number of hydrogen-bond donors (Lipinski definition) is 4. The van der Waals surface area contributed by atoms with E-state index < -0.39 is 0 Å². The van der Waals surface area contributed by atoms with E-state index in [1.807, 2.05) is 24.3 Å². The van der Waals surface area contributed by atoms with Gasteiger partial charge in [0.25, 0.3) is 5.91 Å². The number of benzene rings is 2. The van der Waals surface area contributed by atoms with Crippen molar-refractivity contribution in [1.82, 2.24) is 10.3 Å². The number of rotatable bonds is 6. The van der Waals surface area contributed by atoms with Gasteiger partial charge in [-0.3, -0.25) is 15.2 Å². The van der Waals surface area contributed by atoms with Crippen molar-refractivity contribution in [2.45, 2.75) is 0 Å². The Kier molecular flexibility index (Phi) is 5.81. The number of carbonyl (C=O) groups excluding carboxylic acids is 1. The van der Waals surface area contributed by atoms with Gasteiger partial charge in [-0.1, -0.05) is 30.4 Å². The summed E-state index contributed by atoms with van der Waals surface area (Å²) in [6.07, 6.45) is 6.89. The van der Waals surface area contributed by atoms with Crippen LogP contribution in [0.15, 0.2) is 73.1 Å². The van der Waals surface area contributed by atoms with Crippen LogP contribution in [0.5, 0.6) is 5.75 Å². The number of carbonyl (C=O) groups is 1. The maximum absolute atomic E-state index is 12.3. The zero-order valence-electron chi connectivity index (χ0n) is 15.1. The predicted octanol–water partition coefficient (Wildman–Crippen LogP) is 3.18. The zero-order chi connectivity index (χ0) is 19.9. The number of aromatic hydroxyl groups is 1. The minimum atomic E-state index is -0.191. The number of nitrogens with one attached hydrogen (secondary N) is 2. The lowest BCUT2D eigenvalue weighted by Gasteiger charge is -2.05. The standard InChI is InChI=1S/C22H20N4O2/c23-21(24)18-9-10-20(27)17(13-18)3-2-12-26-22(28)16-7-5-15(6-8-16)19-4-1-11-25-14-19/h1-11,13-14,27H,12H2,(H3,23,24)(H,26,28)/b3-2-. The molecule has 0 aliphatic heterocycles. The third-order valence-corrected chi connectivity index (χ3v) is 4.16. The Bertz CT molecular complexity index is 1010. The van der Waals surface area contributed by atoms with Gasteiger partial charge in [-0.15, -0.1) is 0 Å². The van der Waals surface area contributed by atoms with Crippen LogP contribution in [-0.4, -0.2) is 28.4 Å². The number of phenolic OH excluding ortho intramolecular Hbond substituents is 1. The molecule has 0 radical (unpaired) electrons. The van der Waals surface area contributed by atoms with E-state index >= 15 is 0 Å². The molecule has 0 bridgehead atoms. The van der Waals surface area contributed by atoms with Crippen LogP contribution in [-0.2, 0) is 0 Å². The second kappa shape index (κ2) is 8.64. The van der Waals surface area contributed by atoms with E-state index in [1.54, 1.807) is 48.8 Å². The highest BCUT2D eigenvalue weighted by molar-refractivity contribution is 5.96. The summed E-state index contributed by atoms with van der Waals surface area (Å²) in [6.45, 7) is 0.299. The third-order valence-electron chi connectivity index (χ3n) is 4.16. The van der Waals surface area contributed by atoms with Crippen molar-refractivity contribution in [3.05, 3.63) is 89.8 Å². The van der Waals surface area contributed by atoms with Crippen LogP contribution in [0.1, 0.15) is 21.5 Å². The van der Waals surface area contributed by atoms with Gasteiger partial charge in [0.15, 0.2) is 0 Å². The van der Waals surface area contributed by atoms with Gasteiger partial charge < -0.3 is 16.2 Å². The van der Waals surface area contributed by atoms with Gasteiger partial charge in [-0.25, -0.2) is 0 Å². The normalized spacial score (nSPS) is 10.7. The summed E-state index contributed by atoms with van der Waals surface area (Å²) in [4.78, 5) is 16.4. The van der Waals surface area contributed by atoms with E-state index in [0.717, 1.165) is 11.1 Å². The summed E-state index contributed by atoms with van der Waals surface area (Å²) in [7, 11) is 0. The lowest BCUT2D eigenvalue weighted by Crippen LogP contribution is -2.23. The summed E-state index contributed by atoms with van der Waals surface area (Å²) in [5, 5.41) is 20.1. The molecule has 0 fully saturated rings. The van der Waals surface area contributed by atoms with Crippen molar-refractivity contribution < 1.29 is 9.90 Å². The molecule has 0 unspecified atom stereocenters. The summed E-state index contributed by atoms with van der Waals surface area (Å²) in [5.74, 6) is -0.180. The van der Waals surface area contributed by atoms with Crippen LogP contribution in [0.25, 0.3) is 17.2 Å². The molecule has 5 N–H and O–H groups in total. The van der Waals surface area contributed by atoms with Gasteiger partial charge in [0, 0.05) is 35.6 Å². The van der Waals surface area contributed by atoms with Crippen molar-refractivity contribution in [2.24, 2.45) is 5.73 Å². The number of amidine groups is 1. The molecule has 3 aromatic rings. The van der Waals surface area contributed by atoms with Gasteiger partial charge in [0.2, 0.25) is 0 Å². The number of phenols is 1. The Morgan fingerprint density at radius 3 is 2.54 bits per heavy atom. The largest absolute Gasteiger partial charge is 0.507 e. The number of nitrogens with two attached hydrogens (primary N) is 1. The fraction of sp³-hybridized carbons (Fsp3) is 0.0455. The van der Waals surface area contributed by atoms with Gasteiger partial charge in [-0.2, -0.15) is 0 Å². The van der Waals surface area contributed by atoms with Crippen LogP contribution in [0, 0.1) is 5.41 Å². The molecule has 1 amide bonds. The maximum atomic E-state index is 12.3. The second-order valence-electron chi connectivity index (χ2n) is 6.12. The van der Waals surface area contributed by atoms with E-state index in [2.05, 4.69) is 10.3 Å². The van der Waals surface area contributed by atoms with E-state index in [4.69, 9.17) is 11.1 Å². The highest BCUT2D eigenvalue weighted by atomic mass is 16.3. The minimum absolute atomic E-state index is 0.0716. The highest BCUT2D eigenvalue weighted by Crippen LogP contribution is 2.20. The van der Waals surface area contributed by atoms with Crippen LogP contribution in [0.4, 0.5) is 0 Å². The lowest BCUT2D eigenvalue weighted by atomic mass is 10.1. The van der Waals surface area contributed by atoms with Crippen LogP contribution in [0.2, 0.25) is 0 Å². The maximum Gasteiger partial charge on any atom is 0.251 e. The average molecular weight is 372 g/mol. The summed E-state index contributed by atoms with van der Waals surface area (Å²) in [6, 6.07) is 15.8. The van der Waals surface area contributed by atoms with E-state index in [0.29, 0.717) is 23.2 Å². The first-order valence-corrected chi connectivity index (χ1v) is 8.67. The zero-order valence-corrected chi connectivity index (χ0v) is 15.1. The SMILES string of the molecule is N=C(N)c1ccc(O)c(/C=C\CNC(=O)c2ccc(-c3cccnc3)cc2)c1. The number of amides is 1. The molecular formula is C22H20N4O2. The Balaban J connectivity index is 1.59. The number of hydrogen-bond acceptors (Lipinski definition) is 4. The molecule has 28 heavy (non-hydrogen) atoms. The second-order valence-corrected chi connectivity index (χ2v) is 6.12. The molecule has 3 rings (SSSR count). The van der Waals surface area contributed by atoms with Crippen molar-refractivity contribution in [3.8, 4) is 16.9 Å². The molecule has 0 aliphatic rings. The molecular weight excluding hydrogens is 352 g/mol. The molecule has 140 valence electrons. The summed E-state index contributed by atoms with van der Waals surface area (Å²) < 4.78 is 0. The molecule has 0 atom stereocenters. The topological polar surface area (TPSA) is 112 Å². The molecule has 0 spiro atoms. The van der Waals surface area contributed by atoms with Crippen LogP contribution >= 0.6 is 0 Å². The van der Waals surface area contributed by atoms with Crippen molar-refractivity contribution in [2.75, 3.05) is 6.54 Å². The van der Waals surface area contributed by atoms with E-state index in [9.17, 15) is 9.90 Å². The Morgan fingerprint density at radius 2 is 1.86 bits per heavy atom. The van der Waals surface area contributed by atoms with Crippen molar-refractivity contribution >= 4 is 17.8 Å². The minimum Gasteiger partial charge on any atom is -0.507 e. The molecule has 1 heterocycles. The molecule has 0 saturated carbocycles. The molecule has 2 aromatic carbocycles. The van der Waals surface area contributed by atoms with E-state index in [1.165, 1.54) is 6.07 Å². The molecule has 0 saturated heterocycles. The van der Waals surface area contributed by atoms with Crippen molar-refractivity contribution in [1.29, 1.82) is 5.41 Å². The summed E-state index contributed by atoms with van der Waals surface area (Å²) >= 11 is 0. The number of nitrogens with zero attached hydrogens (tertiary/aromatic N) is 1. The fourth-order valence-electron chi connectivity index (χ4n) is 2.64. The van der Waals surface area contributed by atoms with E-state index in [-0.39, 0.29) is 17.5 Å². The quantitative estimate of drug-likeness (QED) is 0.393. The number of pyridine rings is 1. The smallest absolute Gasteiger partial charge is 0.251 e. The van der Waals surface area contributed by atoms with Crippen LogP contribution in [0.3, 0.4) is 0 Å². The van der Waals surface area contributed by atoms with Gasteiger partial charge in [-0.05, 0) is 47.5 Å². The van der Waals surface area contributed by atoms with Gasteiger partial charge in [0.1, 0.15) is 11.6 Å². The first-order valence-electron chi connectivity index (χ1n) is 8.67. The van der Waals surface area contributed by atoms with Gasteiger partial charge in [0.05, 0.1) is 0 Å². The molecule has 1 aromatic heterocycles. The first-order chi connectivity index (χ1) is 13.5.